The highest BCUT2D eigenvalue weighted by atomic mass is 15.3. The van der Waals surface area contributed by atoms with Gasteiger partial charge >= 0.3 is 0 Å². The summed E-state index contributed by atoms with van der Waals surface area (Å²) < 4.78 is 0. The molecule has 0 aliphatic carbocycles. The van der Waals surface area contributed by atoms with Gasteiger partial charge < -0.3 is 15.1 Å². The van der Waals surface area contributed by atoms with Crippen LogP contribution in [0, 0.1) is 25.2 Å². The van der Waals surface area contributed by atoms with Gasteiger partial charge in [0.15, 0.2) is 5.82 Å². The summed E-state index contributed by atoms with van der Waals surface area (Å²) in [4.78, 5) is 4.70. The molecule has 1 aliphatic rings. The zero-order chi connectivity index (χ0) is 21.5. The zero-order valence-electron chi connectivity index (χ0n) is 18.3. The molecule has 1 N–H and O–H groups in total. The highest BCUT2D eigenvalue weighted by molar-refractivity contribution is 5.95. The van der Waals surface area contributed by atoms with Gasteiger partial charge in [-0.1, -0.05) is 18.2 Å². The average molecular weight is 401 g/mol. The number of aryl methyl sites for hydroxylation is 1. The maximum Gasteiger partial charge on any atom is 0.156 e. The van der Waals surface area contributed by atoms with Crippen LogP contribution in [0.3, 0.4) is 0 Å². The smallest absolute Gasteiger partial charge is 0.156 e. The Morgan fingerprint density at radius 3 is 2.60 bits per heavy atom. The number of rotatable bonds is 5. The van der Waals surface area contributed by atoms with E-state index in [1.54, 1.807) is 0 Å². The van der Waals surface area contributed by atoms with Crippen LogP contribution >= 0.6 is 0 Å². The Labute approximate surface area is 178 Å². The van der Waals surface area contributed by atoms with E-state index in [9.17, 15) is 5.26 Å². The van der Waals surface area contributed by atoms with Crippen LogP contribution in [0.15, 0.2) is 36.4 Å². The Bertz CT molecular complexity index is 1140. The second kappa shape index (κ2) is 7.58. The molecule has 1 aromatic heterocycles. The summed E-state index contributed by atoms with van der Waals surface area (Å²) in [6.45, 7) is 8.88. The van der Waals surface area contributed by atoms with Crippen molar-refractivity contribution in [2.75, 3.05) is 37.4 Å². The fourth-order valence-electron chi connectivity index (χ4n) is 4.02. The second-order valence-electron chi connectivity index (χ2n) is 8.67. The number of benzene rings is 2. The minimum absolute atomic E-state index is 0.214. The molecule has 6 heteroatoms. The third-order valence-corrected chi connectivity index (χ3v) is 6.47. The lowest BCUT2D eigenvalue weighted by molar-refractivity contribution is 0.133. The van der Waals surface area contributed by atoms with Gasteiger partial charge in [0.25, 0.3) is 0 Å². The molecule has 0 amide bonds. The summed E-state index contributed by atoms with van der Waals surface area (Å²) >= 11 is 0. The van der Waals surface area contributed by atoms with Crippen molar-refractivity contribution in [1.82, 2.24) is 15.1 Å². The second-order valence-corrected chi connectivity index (χ2v) is 8.67. The lowest BCUT2D eigenvalue weighted by atomic mass is 9.90. The van der Waals surface area contributed by atoms with E-state index in [0.29, 0.717) is 12.1 Å². The molecule has 0 atom stereocenters. The van der Waals surface area contributed by atoms with Crippen molar-refractivity contribution in [3.8, 4) is 6.07 Å². The first-order valence-electron chi connectivity index (χ1n) is 10.2. The van der Waals surface area contributed by atoms with Crippen molar-refractivity contribution >= 4 is 22.3 Å². The molecule has 1 aliphatic heterocycles. The number of likely N-dealkylation sites (N-methyl/N-ethyl adjacent to an activating group) is 1. The first-order valence-corrected chi connectivity index (χ1v) is 10.2. The van der Waals surface area contributed by atoms with Crippen molar-refractivity contribution in [3.05, 3.63) is 58.8 Å². The summed E-state index contributed by atoms with van der Waals surface area (Å²) in [6, 6.07) is 14.6. The van der Waals surface area contributed by atoms with Crippen molar-refractivity contribution in [3.63, 3.8) is 0 Å². The van der Waals surface area contributed by atoms with Crippen LogP contribution in [0.4, 0.5) is 11.5 Å². The summed E-state index contributed by atoms with van der Waals surface area (Å²) in [5.41, 5.74) is 5.14. The van der Waals surface area contributed by atoms with Crippen molar-refractivity contribution in [1.29, 1.82) is 5.26 Å². The third kappa shape index (κ3) is 3.46. The maximum absolute atomic E-state index is 9.28. The predicted octanol–water partition coefficient (Wildman–Crippen LogP) is 3.87. The number of hydrogen-bond acceptors (Lipinski definition) is 6. The zero-order valence-corrected chi connectivity index (χ0v) is 18.3. The number of hydrogen-bond donors (Lipinski definition) is 1. The van der Waals surface area contributed by atoms with Crippen LogP contribution in [0.25, 0.3) is 10.8 Å². The van der Waals surface area contributed by atoms with Crippen LogP contribution in [-0.4, -0.2) is 47.8 Å². The molecule has 2 aromatic carbocycles. The molecular weight excluding hydrogens is 372 g/mol. The predicted molar refractivity (Wildman–Crippen MR) is 122 cm³/mol. The number of anilines is 2. The van der Waals surface area contributed by atoms with E-state index in [1.807, 2.05) is 32.0 Å². The number of nitriles is 1. The maximum atomic E-state index is 9.28. The molecule has 0 unspecified atom stereocenters. The van der Waals surface area contributed by atoms with Crippen LogP contribution in [-0.2, 0) is 6.54 Å². The minimum atomic E-state index is 0.214. The fraction of sp³-hybridized carbons (Fsp3) is 0.375. The van der Waals surface area contributed by atoms with E-state index in [1.165, 1.54) is 5.69 Å². The van der Waals surface area contributed by atoms with Crippen molar-refractivity contribution in [2.45, 2.75) is 32.9 Å². The molecule has 4 rings (SSSR count). The van der Waals surface area contributed by atoms with Crippen LogP contribution < -0.4 is 10.2 Å². The van der Waals surface area contributed by atoms with E-state index >= 15 is 0 Å². The summed E-state index contributed by atoms with van der Waals surface area (Å²) in [5.74, 6) is 0.773. The van der Waals surface area contributed by atoms with Gasteiger partial charge in [-0.05, 0) is 64.2 Å². The fourth-order valence-corrected chi connectivity index (χ4v) is 4.02. The Kier molecular flexibility index (Phi) is 5.08. The molecule has 0 bridgehead atoms. The number of aromatic nitrogens is 2. The van der Waals surface area contributed by atoms with Crippen LogP contribution in [0.5, 0.6) is 0 Å². The normalized spacial score (nSPS) is 15.2. The minimum Gasteiger partial charge on any atom is -0.368 e. The largest absolute Gasteiger partial charge is 0.368 e. The lowest BCUT2D eigenvalue weighted by Crippen LogP contribution is -2.67. The van der Waals surface area contributed by atoms with Crippen LogP contribution in [0.2, 0.25) is 0 Å². The molecule has 30 heavy (non-hydrogen) atoms. The molecule has 0 saturated carbocycles. The highest BCUT2D eigenvalue weighted by Crippen LogP contribution is 2.34. The molecule has 2 heterocycles. The van der Waals surface area contributed by atoms with E-state index < -0.39 is 0 Å². The first-order chi connectivity index (χ1) is 14.3. The SMILES string of the molecule is Cc1c(C#N)cccc1CNc1nnc(C)c2ccc(N3CC(C)(N(C)C)C3)cc12. The molecule has 0 spiro atoms. The van der Waals surface area contributed by atoms with E-state index in [2.05, 4.69) is 70.6 Å². The Morgan fingerprint density at radius 1 is 1.13 bits per heavy atom. The molecule has 6 nitrogen and oxygen atoms in total. The van der Waals surface area contributed by atoms with Crippen molar-refractivity contribution in [2.24, 2.45) is 0 Å². The average Bonchev–Trinajstić information content (AvgIpc) is 2.71. The molecule has 3 aromatic rings. The topological polar surface area (TPSA) is 68.1 Å². The molecule has 1 saturated heterocycles. The quantitative estimate of drug-likeness (QED) is 0.701. The standard InChI is InChI=1S/C24H28N6/c1-16-18(12-25)7-6-8-19(16)13-26-23-22-11-20(9-10-21(22)17(2)27-28-23)30-14-24(3,15-30)29(4)5/h6-11H,13-15H2,1-5H3,(H,26,28). The number of fused-ring (bicyclic) bond motifs is 1. The van der Waals surface area contributed by atoms with Crippen LogP contribution in [0.1, 0.15) is 29.3 Å². The highest BCUT2D eigenvalue weighted by Gasteiger charge is 2.40. The van der Waals surface area contributed by atoms with Crippen molar-refractivity contribution < 1.29 is 0 Å². The number of nitrogens with one attached hydrogen (secondary N) is 1. The van der Waals surface area contributed by atoms with Gasteiger partial charge in [-0.25, -0.2) is 0 Å². The monoisotopic (exact) mass is 400 g/mol. The molecular formula is C24H28N6. The molecule has 0 radical (unpaired) electrons. The number of nitrogens with zero attached hydrogens (tertiary/aromatic N) is 5. The van der Waals surface area contributed by atoms with Gasteiger partial charge in [-0.2, -0.15) is 10.4 Å². The first kappa shape index (κ1) is 20.1. The Balaban J connectivity index is 1.62. The Hall–Kier alpha value is -3.17. The lowest BCUT2D eigenvalue weighted by Gasteiger charge is -2.53. The summed E-state index contributed by atoms with van der Waals surface area (Å²) in [5, 5.41) is 23.7. The molecule has 154 valence electrons. The van der Waals surface area contributed by atoms with Gasteiger partial charge in [0, 0.05) is 36.1 Å². The third-order valence-electron chi connectivity index (χ3n) is 6.47. The van der Waals surface area contributed by atoms with E-state index in [-0.39, 0.29) is 5.54 Å². The van der Waals surface area contributed by atoms with Gasteiger partial charge in [-0.3, -0.25) is 0 Å². The van der Waals surface area contributed by atoms with Gasteiger partial charge in [0.2, 0.25) is 0 Å². The van der Waals surface area contributed by atoms with E-state index in [4.69, 9.17) is 0 Å². The van der Waals surface area contributed by atoms with Gasteiger partial charge in [0.1, 0.15) is 0 Å². The summed E-state index contributed by atoms with van der Waals surface area (Å²) in [7, 11) is 4.28. The van der Waals surface area contributed by atoms with Gasteiger partial charge in [-0.15, -0.1) is 5.10 Å². The molecule has 1 fully saturated rings. The van der Waals surface area contributed by atoms with E-state index in [0.717, 1.165) is 46.5 Å². The Morgan fingerprint density at radius 2 is 1.90 bits per heavy atom. The van der Waals surface area contributed by atoms with Gasteiger partial charge in [0.05, 0.1) is 22.9 Å². The summed E-state index contributed by atoms with van der Waals surface area (Å²) in [6.07, 6.45) is 0.